The summed E-state index contributed by atoms with van der Waals surface area (Å²) >= 11 is 0. The molecule has 0 spiro atoms. The first-order chi connectivity index (χ1) is 4.81. The summed E-state index contributed by atoms with van der Waals surface area (Å²) in [5.74, 6) is -0.0539. The van der Waals surface area contributed by atoms with Crippen molar-refractivity contribution in [1.29, 1.82) is 0 Å². The third-order valence-electron chi connectivity index (χ3n) is 1.26. The number of amides is 1. The Morgan fingerprint density at radius 1 is 1.64 bits per heavy atom. The van der Waals surface area contributed by atoms with Gasteiger partial charge in [0.15, 0.2) is 0 Å². The summed E-state index contributed by atoms with van der Waals surface area (Å²) in [5.41, 5.74) is -0.706. The Balaban J connectivity index is 3.69. The van der Waals surface area contributed by atoms with E-state index in [1.165, 1.54) is 6.92 Å². The lowest BCUT2D eigenvalue weighted by Crippen LogP contribution is -2.36. The number of rotatable bonds is 3. The maximum Gasteiger partial charge on any atom is 0.217 e. The second kappa shape index (κ2) is 3.72. The first-order valence-electron chi connectivity index (χ1n) is 3.81. The second-order valence-corrected chi connectivity index (χ2v) is 3.62. The lowest BCUT2D eigenvalue weighted by atomic mass is 10.0. The normalized spacial score (nSPS) is 14.3. The lowest BCUT2D eigenvalue weighted by molar-refractivity contribution is -0.119. The Morgan fingerprint density at radius 3 is 2.36 bits per heavy atom. The molecule has 1 amide bonds. The van der Waals surface area contributed by atoms with Gasteiger partial charge in [0.25, 0.3) is 0 Å². The second-order valence-electron chi connectivity index (χ2n) is 3.62. The third-order valence-corrected chi connectivity index (χ3v) is 1.26. The van der Waals surface area contributed by atoms with Crippen molar-refractivity contribution in [2.24, 2.45) is 0 Å². The van der Waals surface area contributed by atoms with Crippen molar-refractivity contribution < 1.29 is 9.90 Å². The maximum atomic E-state index is 10.5. The largest absolute Gasteiger partial charge is 0.390 e. The number of aliphatic hydroxyl groups is 1. The Kier molecular flexibility index (Phi) is 3.52. The number of carbonyl (C=O) groups is 1. The highest BCUT2D eigenvalue weighted by atomic mass is 16.3. The van der Waals surface area contributed by atoms with E-state index in [2.05, 4.69) is 5.32 Å². The zero-order valence-electron chi connectivity index (χ0n) is 7.64. The third kappa shape index (κ3) is 7.33. The molecule has 0 aliphatic heterocycles. The van der Waals surface area contributed by atoms with Crippen LogP contribution in [0, 0.1) is 0 Å². The van der Waals surface area contributed by atoms with Gasteiger partial charge >= 0.3 is 0 Å². The van der Waals surface area contributed by atoms with E-state index in [4.69, 9.17) is 0 Å². The molecule has 0 aromatic carbocycles. The van der Waals surface area contributed by atoms with E-state index in [0.717, 1.165) is 0 Å². The molecule has 1 atom stereocenters. The van der Waals surface area contributed by atoms with Crippen LogP contribution < -0.4 is 5.32 Å². The van der Waals surface area contributed by atoms with Gasteiger partial charge in [-0.25, -0.2) is 0 Å². The van der Waals surface area contributed by atoms with Gasteiger partial charge in [0.05, 0.1) is 5.60 Å². The molecule has 0 saturated heterocycles. The van der Waals surface area contributed by atoms with Crippen LogP contribution in [-0.4, -0.2) is 22.7 Å². The predicted molar refractivity (Wildman–Crippen MR) is 44.2 cm³/mol. The summed E-state index contributed by atoms with van der Waals surface area (Å²) in [6.07, 6.45) is 0.576. The SMILES string of the molecule is CC(=O)NC(C)CC(C)(C)O. The minimum absolute atomic E-state index is 0.0347. The van der Waals surface area contributed by atoms with E-state index < -0.39 is 5.60 Å². The summed E-state index contributed by atoms with van der Waals surface area (Å²) in [4.78, 5) is 10.5. The van der Waals surface area contributed by atoms with Crippen LogP contribution >= 0.6 is 0 Å². The number of hydrogen-bond donors (Lipinski definition) is 2. The average molecular weight is 159 g/mol. The monoisotopic (exact) mass is 159 g/mol. The van der Waals surface area contributed by atoms with Crippen molar-refractivity contribution in [3.05, 3.63) is 0 Å². The van der Waals surface area contributed by atoms with Crippen LogP contribution in [0.2, 0.25) is 0 Å². The molecule has 0 fully saturated rings. The van der Waals surface area contributed by atoms with E-state index in [-0.39, 0.29) is 11.9 Å². The van der Waals surface area contributed by atoms with Crippen LogP contribution in [0.5, 0.6) is 0 Å². The van der Waals surface area contributed by atoms with E-state index >= 15 is 0 Å². The molecule has 0 aliphatic carbocycles. The minimum atomic E-state index is -0.706. The van der Waals surface area contributed by atoms with Crippen molar-refractivity contribution in [3.8, 4) is 0 Å². The van der Waals surface area contributed by atoms with Crippen molar-refractivity contribution in [2.45, 2.75) is 45.8 Å². The fourth-order valence-corrected chi connectivity index (χ4v) is 1.15. The van der Waals surface area contributed by atoms with Gasteiger partial charge < -0.3 is 10.4 Å². The summed E-state index contributed by atoms with van der Waals surface area (Å²) < 4.78 is 0. The fraction of sp³-hybridized carbons (Fsp3) is 0.875. The molecule has 0 aliphatic rings. The molecule has 0 heterocycles. The molecule has 1 unspecified atom stereocenters. The first-order valence-corrected chi connectivity index (χ1v) is 3.81. The summed E-state index contributed by atoms with van der Waals surface area (Å²) in [6, 6.07) is 0.0347. The maximum absolute atomic E-state index is 10.5. The molecule has 66 valence electrons. The number of hydrogen-bond acceptors (Lipinski definition) is 2. The van der Waals surface area contributed by atoms with Crippen molar-refractivity contribution in [3.63, 3.8) is 0 Å². The van der Waals surface area contributed by atoms with Crippen LogP contribution in [0.25, 0.3) is 0 Å². The summed E-state index contributed by atoms with van der Waals surface area (Å²) in [5, 5.41) is 12.0. The molecule has 3 nitrogen and oxygen atoms in total. The lowest BCUT2D eigenvalue weighted by Gasteiger charge is -2.22. The fourth-order valence-electron chi connectivity index (χ4n) is 1.15. The molecule has 0 aromatic heterocycles. The van der Waals surface area contributed by atoms with Crippen LogP contribution in [0.1, 0.15) is 34.1 Å². The zero-order valence-corrected chi connectivity index (χ0v) is 7.64. The van der Waals surface area contributed by atoms with E-state index in [0.29, 0.717) is 6.42 Å². The molecular formula is C8H17NO2. The van der Waals surface area contributed by atoms with E-state index in [9.17, 15) is 9.90 Å². The molecule has 0 bridgehead atoms. The highest BCUT2D eigenvalue weighted by molar-refractivity contribution is 5.73. The van der Waals surface area contributed by atoms with Gasteiger partial charge in [-0.3, -0.25) is 4.79 Å². The van der Waals surface area contributed by atoms with Gasteiger partial charge in [0.2, 0.25) is 5.91 Å². The quantitative estimate of drug-likeness (QED) is 0.636. The van der Waals surface area contributed by atoms with Gasteiger partial charge in [0.1, 0.15) is 0 Å². The Morgan fingerprint density at radius 2 is 2.09 bits per heavy atom. The molecule has 0 saturated carbocycles. The number of carbonyl (C=O) groups excluding carboxylic acids is 1. The first kappa shape index (κ1) is 10.4. The van der Waals surface area contributed by atoms with Crippen molar-refractivity contribution in [1.82, 2.24) is 5.32 Å². The van der Waals surface area contributed by atoms with Crippen molar-refractivity contribution in [2.75, 3.05) is 0 Å². The van der Waals surface area contributed by atoms with Crippen molar-refractivity contribution >= 4 is 5.91 Å². The minimum Gasteiger partial charge on any atom is -0.390 e. The topological polar surface area (TPSA) is 49.3 Å². The Bertz CT molecular complexity index is 138. The summed E-state index contributed by atoms with van der Waals surface area (Å²) in [6.45, 7) is 6.80. The van der Waals surface area contributed by atoms with Gasteiger partial charge in [-0.15, -0.1) is 0 Å². The average Bonchev–Trinajstić information content (AvgIpc) is 1.53. The molecule has 3 heteroatoms. The van der Waals surface area contributed by atoms with Gasteiger partial charge in [-0.1, -0.05) is 0 Å². The molecule has 0 rings (SSSR count). The van der Waals surface area contributed by atoms with Gasteiger partial charge in [-0.2, -0.15) is 0 Å². The van der Waals surface area contributed by atoms with Crippen LogP contribution in [-0.2, 0) is 4.79 Å². The highest BCUT2D eigenvalue weighted by Crippen LogP contribution is 2.09. The number of nitrogens with one attached hydrogen (secondary N) is 1. The van der Waals surface area contributed by atoms with E-state index in [1.54, 1.807) is 13.8 Å². The highest BCUT2D eigenvalue weighted by Gasteiger charge is 2.17. The van der Waals surface area contributed by atoms with Gasteiger partial charge in [-0.05, 0) is 27.2 Å². The molecule has 11 heavy (non-hydrogen) atoms. The van der Waals surface area contributed by atoms with Crippen LogP contribution in [0.3, 0.4) is 0 Å². The summed E-state index contributed by atoms with van der Waals surface area (Å²) in [7, 11) is 0. The predicted octanol–water partition coefficient (Wildman–Crippen LogP) is 0.672. The zero-order chi connectivity index (χ0) is 9.07. The molecule has 0 radical (unpaired) electrons. The smallest absolute Gasteiger partial charge is 0.217 e. The molecule has 2 N–H and O–H groups in total. The van der Waals surface area contributed by atoms with Crippen LogP contribution in [0.4, 0.5) is 0 Å². The Hall–Kier alpha value is -0.570. The van der Waals surface area contributed by atoms with Crippen LogP contribution in [0.15, 0.2) is 0 Å². The standard InChI is InChI=1S/C8H17NO2/c1-6(9-7(2)10)5-8(3,4)11/h6,11H,5H2,1-4H3,(H,9,10). The molecule has 0 aromatic rings. The molecular weight excluding hydrogens is 142 g/mol. The van der Waals surface area contributed by atoms with E-state index in [1.807, 2.05) is 6.92 Å². The Labute approximate surface area is 67.8 Å². The van der Waals surface area contributed by atoms with Gasteiger partial charge in [0, 0.05) is 13.0 Å².